The molecule has 0 N–H and O–H groups in total. The molecule has 0 aliphatic carbocycles. The van der Waals surface area contributed by atoms with E-state index < -0.39 is 16.2 Å². The lowest BCUT2D eigenvalue weighted by Crippen LogP contribution is -2.08. The van der Waals surface area contributed by atoms with Gasteiger partial charge in [0, 0.05) is 21.8 Å². The molecule has 0 heterocycles. The average Bonchev–Trinajstić information content (AvgIpc) is 3.00. The van der Waals surface area contributed by atoms with Crippen LogP contribution >= 0.6 is 48.1 Å². The molecule has 258 valence electrons. The van der Waals surface area contributed by atoms with Crippen LogP contribution in [0.4, 0.5) is 0 Å². The first-order chi connectivity index (χ1) is 21.5. The molecule has 0 fully saturated rings. The van der Waals surface area contributed by atoms with E-state index in [4.69, 9.17) is 32.1 Å². The zero-order valence-corrected chi connectivity index (χ0v) is 32.6. The summed E-state index contributed by atoms with van der Waals surface area (Å²) < 4.78 is 55.0. The van der Waals surface area contributed by atoms with Gasteiger partial charge in [-0.25, -0.2) is 0 Å². The molecular weight excluding hydrogens is 734 g/mol. The Morgan fingerprint density at radius 2 is 1.02 bits per heavy atom. The molecule has 0 spiro atoms. The van der Waals surface area contributed by atoms with Crippen molar-refractivity contribution in [3.63, 3.8) is 0 Å². The molecule has 0 saturated heterocycles. The first kappa shape index (κ1) is 42.3. The van der Waals surface area contributed by atoms with E-state index in [1.165, 1.54) is 51.4 Å². The highest BCUT2D eigenvalue weighted by molar-refractivity contribution is 9.09. The molecule has 0 bridgehead atoms. The number of unbranched alkanes of at least 4 members (excludes halogenated alkanes) is 10. The molecule has 44 heavy (non-hydrogen) atoms. The van der Waals surface area contributed by atoms with Gasteiger partial charge in [0.05, 0.1) is 52.4 Å². The van der Waals surface area contributed by atoms with Crippen molar-refractivity contribution < 1.29 is 36.7 Å². The first-order valence-corrected chi connectivity index (χ1v) is 21.6. The molecule has 0 saturated carbocycles. The Labute approximate surface area is 286 Å². The Balaban J connectivity index is 3.17. The largest absolute Gasteiger partial charge is 0.493 e. The second-order valence-corrected chi connectivity index (χ2v) is 15.2. The molecular formula is C32H58Br2O8P2. The van der Waals surface area contributed by atoms with Crippen LogP contribution in [0.3, 0.4) is 0 Å². The van der Waals surface area contributed by atoms with Crippen molar-refractivity contribution in [2.45, 2.75) is 118 Å². The molecule has 0 aliphatic rings. The number of alkyl halides is 2. The van der Waals surface area contributed by atoms with E-state index in [-0.39, 0.29) is 12.8 Å². The van der Waals surface area contributed by atoms with E-state index in [2.05, 4.69) is 31.9 Å². The van der Waals surface area contributed by atoms with Crippen molar-refractivity contribution in [2.24, 2.45) is 0 Å². The lowest BCUT2D eigenvalue weighted by atomic mass is 10.1. The van der Waals surface area contributed by atoms with Crippen LogP contribution in [0.25, 0.3) is 0 Å². The molecule has 0 aliphatic heterocycles. The van der Waals surface area contributed by atoms with Crippen molar-refractivity contribution in [3.05, 3.63) is 23.3 Å². The molecule has 1 aromatic rings. The van der Waals surface area contributed by atoms with Crippen molar-refractivity contribution in [3.8, 4) is 11.5 Å². The quantitative estimate of drug-likeness (QED) is 0.0418. The number of ether oxygens (including phenoxy) is 2. The van der Waals surface area contributed by atoms with E-state index in [0.29, 0.717) is 51.1 Å². The normalized spacial score (nSPS) is 11.9. The van der Waals surface area contributed by atoms with Gasteiger partial charge in [-0.2, -0.15) is 0 Å². The van der Waals surface area contributed by atoms with Gasteiger partial charge >= 0.3 is 16.2 Å². The van der Waals surface area contributed by atoms with Gasteiger partial charge in [-0.05, 0) is 65.5 Å². The summed E-state index contributed by atoms with van der Waals surface area (Å²) in [7, 11) is -4.86. The van der Waals surface area contributed by atoms with Crippen molar-refractivity contribution in [2.75, 3.05) is 50.3 Å². The Kier molecular flexibility index (Phi) is 27.2. The lowest BCUT2D eigenvalue weighted by Gasteiger charge is -2.22. The average molecular weight is 793 g/mol. The molecule has 8 nitrogen and oxygen atoms in total. The topological polar surface area (TPSA) is 81.7 Å². The van der Waals surface area contributed by atoms with Crippen molar-refractivity contribution >= 4 is 48.1 Å². The summed E-state index contributed by atoms with van der Waals surface area (Å²) in [6.45, 7) is 10.5. The number of rotatable bonds is 31. The Morgan fingerprint density at radius 1 is 0.591 bits per heavy atom. The highest BCUT2D eigenvalue weighted by Gasteiger charge is 2.27. The maximum atomic E-state index is 13.6. The van der Waals surface area contributed by atoms with Gasteiger partial charge in [-0.15, -0.1) is 0 Å². The van der Waals surface area contributed by atoms with Crippen molar-refractivity contribution in [1.82, 2.24) is 0 Å². The molecule has 0 amide bonds. The third-order valence-electron chi connectivity index (χ3n) is 6.62. The van der Waals surface area contributed by atoms with Crippen molar-refractivity contribution in [1.29, 1.82) is 0 Å². The lowest BCUT2D eigenvalue weighted by molar-refractivity contribution is 0.162. The smallest absolute Gasteiger partial charge is 0.335 e. The third kappa shape index (κ3) is 19.8. The highest BCUT2D eigenvalue weighted by atomic mass is 79.9. The summed E-state index contributed by atoms with van der Waals surface area (Å²) in [6.07, 6.45) is 14.0. The summed E-state index contributed by atoms with van der Waals surface area (Å²) >= 11 is 7.01. The molecule has 1 rings (SSSR count). The number of halogens is 2. The molecule has 12 heteroatoms. The maximum absolute atomic E-state index is 13.6. The minimum absolute atomic E-state index is 0.103. The number of hydrogen-bond acceptors (Lipinski definition) is 8. The molecule has 0 atom stereocenters. The van der Waals surface area contributed by atoms with Crippen LogP contribution in [0.1, 0.15) is 116 Å². The van der Waals surface area contributed by atoms with Crippen LogP contribution in [-0.4, -0.2) is 50.3 Å². The van der Waals surface area contributed by atoms with Gasteiger partial charge < -0.3 is 32.1 Å². The van der Waals surface area contributed by atoms with Gasteiger partial charge in [0.1, 0.15) is 11.5 Å². The van der Waals surface area contributed by atoms with Gasteiger partial charge in [0.15, 0.2) is 0 Å². The summed E-state index contributed by atoms with van der Waals surface area (Å²) in [5.74, 6) is 1.33. The zero-order chi connectivity index (χ0) is 32.3. The summed E-state index contributed by atoms with van der Waals surface area (Å²) in [5, 5.41) is 2.13. The van der Waals surface area contributed by atoms with Crippen LogP contribution in [0, 0.1) is 0 Å². The van der Waals surface area contributed by atoms with Crippen LogP contribution < -0.4 is 9.47 Å². The summed E-state index contributed by atoms with van der Waals surface area (Å²) in [4.78, 5) is 0. The molecule has 0 aromatic heterocycles. The summed E-state index contributed by atoms with van der Waals surface area (Å²) in [6, 6.07) is 3.88. The minimum atomic E-state index is -3.37. The van der Waals surface area contributed by atoms with Gasteiger partial charge in [-0.1, -0.05) is 83.2 Å². The van der Waals surface area contributed by atoms with Gasteiger partial charge in [0.25, 0.3) is 0 Å². The Hall–Kier alpha value is 0.240. The molecule has 0 unspecified atom stereocenters. The number of benzene rings is 1. The fraction of sp³-hybridized carbons (Fsp3) is 0.812. The standard InChI is InChI=1S/C32H58Br2O8P2/c1-5-38-43(39-6-2)40-27-29-25-32(37-24-20-16-12-10-14-18-22-34)30(28-44(35,41-7-3)42-8-4)26-31(29)36-23-19-15-11-9-13-17-21-33/h25-26H,5-24,27-28H2,1-4H3. The predicted octanol–water partition coefficient (Wildman–Crippen LogP) is 11.5. The zero-order valence-electron chi connectivity index (χ0n) is 27.6. The van der Waals surface area contributed by atoms with E-state index in [1.54, 1.807) is 0 Å². The highest BCUT2D eigenvalue weighted by Crippen LogP contribution is 2.53. The minimum Gasteiger partial charge on any atom is -0.493 e. The fourth-order valence-corrected chi connectivity index (χ4v) is 7.89. The maximum Gasteiger partial charge on any atom is 0.335 e. The summed E-state index contributed by atoms with van der Waals surface area (Å²) in [5.41, 5.74) is 1.59. The predicted molar refractivity (Wildman–Crippen MR) is 190 cm³/mol. The Morgan fingerprint density at radius 3 is 1.48 bits per heavy atom. The van der Waals surface area contributed by atoms with Crippen LogP contribution in [0.5, 0.6) is 11.5 Å². The Bertz CT molecular complexity index is 865. The van der Waals surface area contributed by atoms with Gasteiger partial charge in [0.2, 0.25) is 0 Å². The molecule has 1 aromatic carbocycles. The van der Waals surface area contributed by atoms with E-state index in [9.17, 15) is 4.57 Å². The van der Waals surface area contributed by atoms with E-state index in [1.807, 2.05) is 39.8 Å². The fourth-order valence-electron chi connectivity index (χ4n) is 4.50. The second kappa shape index (κ2) is 28.3. The first-order valence-electron chi connectivity index (χ1n) is 16.6. The van der Waals surface area contributed by atoms with E-state index in [0.717, 1.165) is 47.5 Å². The monoisotopic (exact) mass is 790 g/mol. The third-order valence-corrected chi connectivity index (χ3v) is 11.1. The van der Waals surface area contributed by atoms with Crippen LogP contribution in [0.15, 0.2) is 12.1 Å². The number of hydrogen-bond donors (Lipinski definition) is 0. The van der Waals surface area contributed by atoms with Crippen LogP contribution in [0.2, 0.25) is 0 Å². The van der Waals surface area contributed by atoms with Crippen LogP contribution in [-0.2, 0) is 40.0 Å². The SMILES string of the molecule is CCOP(OCC)OCc1cc(OCCCCCCCCBr)c(CP(=O)(OCC)OCC)cc1OCCCCCCCCBr. The van der Waals surface area contributed by atoms with Gasteiger partial charge in [-0.3, -0.25) is 4.57 Å². The second-order valence-electron chi connectivity index (χ2n) is 10.3. The molecule has 0 radical (unpaired) electrons. The van der Waals surface area contributed by atoms with E-state index >= 15 is 0 Å².